The van der Waals surface area contributed by atoms with Crippen molar-refractivity contribution < 1.29 is 8.78 Å². The van der Waals surface area contributed by atoms with Crippen LogP contribution in [0.1, 0.15) is 16.7 Å². The number of benzene rings is 2. The van der Waals surface area contributed by atoms with Gasteiger partial charge >= 0.3 is 0 Å². The van der Waals surface area contributed by atoms with Crippen LogP contribution in [0.3, 0.4) is 0 Å². The maximum absolute atomic E-state index is 14.0. The van der Waals surface area contributed by atoms with Crippen LogP contribution in [0.15, 0.2) is 54.6 Å². The molecular formula is C15H11F2N. The number of nitrogens with zero attached hydrogens (tertiary/aromatic N) is 1. The van der Waals surface area contributed by atoms with Crippen molar-refractivity contribution in [1.82, 2.24) is 0 Å². The first kappa shape index (κ1) is 12.3. The van der Waals surface area contributed by atoms with Gasteiger partial charge in [0.05, 0.1) is 11.6 Å². The summed E-state index contributed by atoms with van der Waals surface area (Å²) < 4.78 is 28.1. The second-order valence-electron chi connectivity index (χ2n) is 4.06. The zero-order valence-corrected chi connectivity index (χ0v) is 9.61. The van der Waals surface area contributed by atoms with Gasteiger partial charge in [0.25, 0.3) is 5.92 Å². The van der Waals surface area contributed by atoms with Gasteiger partial charge in [0.1, 0.15) is 0 Å². The minimum absolute atomic E-state index is 0.120. The summed E-state index contributed by atoms with van der Waals surface area (Å²) in [6.07, 6.45) is -0.358. The van der Waals surface area contributed by atoms with Gasteiger partial charge in [-0.3, -0.25) is 0 Å². The predicted molar refractivity (Wildman–Crippen MR) is 65.2 cm³/mol. The lowest BCUT2D eigenvalue weighted by atomic mass is 9.99. The van der Waals surface area contributed by atoms with Crippen LogP contribution in [-0.2, 0) is 12.3 Å². The largest absolute Gasteiger partial charge is 0.277 e. The quantitative estimate of drug-likeness (QED) is 0.802. The average Bonchev–Trinajstić information content (AvgIpc) is 2.39. The Balaban J connectivity index is 2.28. The van der Waals surface area contributed by atoms with Crippen LogP contribution < -0.4 is 0 Å². The number of rotatable bonds is 3. The lowest BCUT2D eigenvalue weighted by Gasteiger charge is -2.17. The fraction of sp³-hybridized carbons (Fsp3) is 0.133. The molecule has 2 aromatic rings. The first-order chi connectivity index (χ1) is 8.62. The Labute approximate surface area is 104 Å². The molecule has 0 unspecified atom stereocenters. The second kappa shape index (κ2) is 4.97. The van der Waals surface area contributed by atoms with Gasteiger partial charge in [0.15, 0.2) is 0 Å². The molecule has 0 fully saturated rings. The van der Waals surface area contributed by atoms with Crippen molar-refractivity contribution in [3.8, 4) is 6.07 Å². The highest BCUT2D eigenvalue weighted by Crippen LogP contribution is 2.32. The van der Waals surface area contributed by atoms with E-state index in [0.29, 0.717) is 5.56 Å². The van der Waals surface area contributed by atoms with E-state index in [1.165, 1.54) is 24.3 Å². The second-order valence-corrected chi connectivity index (χ2v) is 4.06. The minimum Gasteiger partial charge on any atom is -0.201 e. The Kier molecular flexibility index (Phi) is 3.38. The summed E-state index contributed by atoms with van der Waals surface area (Å²) in [6.45, 7) is 0. The molecule has 0 N–H and O–H groups in total. The molecule has 0 saturated heterocycles. The molecule has 0 bridgehead atoms. The Morgan fingerprint density at radius 3 is 2.39 bits per heavy atom. The molecule has 1 nitrogen and oxygen atoms in total. The first-order valence-electron chi connectivity index (χ1n) is 5.54. The van der Waals surface area contributed by atoms with Crippen molar-refractivity contribution in [1.29, 1.82) is 5.26 Å². The third kappa shape index (κ3) is 2.72. The summed E-state index contributed by atoms with van der Waals surface area (Å²) in [6, 6.07) is 16.0. The van der Waals surface area contributed by atoms with E-state index < -0.39 is 5.92 Å². The Morgan fingerprint density at radius 1 is 1.00 bits per heavy atom. The molecular weight excluding hydrogens is 232 g/mol. The van der Waals surface area contributed by atoms with Crippen LogP contribution in [0.4, 0.5) is 8.78 Å². The van der Waals surface area contributed by atoms with Crippen molar-refractivity contribution in [3.63, 3.8) is 0 Å². The normalized spacial score (nSPS) is 10.9. The molecule has 0 aliphatic carbocycles. The standard InChI is InChI=1S/C15H11F2N/c16-15(17,10-12-5-2-1-3-6-12)14-8-4-7-13(9-14)11-18/h1-9H,10H2. The summed E-state index contributed by atoms with van der Waals surface area (Å²) in [5.41, 5.74) is 0.704. The van der Waals surface area contributed by atoms with E-state index in [4.69, 9.17) is 5.26 Å². The molecule has 90 valence electrons. The van der Waals surface area contributed by atoms with E-state index in [0.717, 1.165) is 0 Å². The molecule has 18 heavy (non-hydrogen) atoms. The molecule has 0 aliphatic heterocycles. The molecule has 0 aliphatic rings. The summed E-state index contributed by atoms with van der Waals surface area (Å²) in [4.78, 5) is 0. The number of hydrogen-bond donors (Lipinski definition) is 0. The van der Waals surface area contributed by atoms with Crippen LogP contribution in [0.25, 0.3) is 0 Å². The van der Waals surface area contributed by atoms with Crippen molar-refractivity contribution >= 4 is 0 Å². The van der Waals surface area contributed by atoms with E-state index in [9.17, 15) is 8.78 Å². The van der Waals surface area contributed by atoms with Crippen LogP contribution >= 0.6 is 0 Å². The third-order valence-electron chi connectivity index (χ3n) is 2.68. The first-order valence-corrected chi connectivity index (χ1v) is 5.54. The molecule has 0 heterocycles. The van der Waals surface area contributed by atoms with Crippen LogP contribution in [0.2, 0.25) is 0 Å². The Morgan fingerprint density at radius 2 is 1.72 bits per heavy atom. The van der Waals surface area contributed by atoms with Gasteiger partial charge in [-0.25, -0.2) is 8.78 Å². The molecule has 0 spiro atoms. The number of halogens is 2. The number of alkyl halides is 2. The third-order valence-corrected chi connectivity index (χ3v) is 2.68. The van der Waals surface area contributed by atoms with Gasteiger partial charge in [-0.15, -0.1) is 0 Å². The van der Waals surface area contributed by atoms with Crippen LogP contribution in [0, 0.1) is 11.3 Å². The number of nitriles is 1. The lowest BCUT2D eigenvalue weighted by molar-refractivity contribution is -0.00384. The molecule has 0 atom stereocenters. The monoisotopic (exact) mass is 243 g/mol. The maximum atomic E-state index is 14.0. The Bertz CT molecular complexity index is 571. The fourth-order valence-corrected chi connectivity index (χ4v) is 1.77. The summed E-state index contributed by atoms with van der Waals surface area (Å²) in [7, 11) is 0. The average molecular weight is 243 g/mol. The molecule has 0 saturated carbocycles. The van der Waals surface area contributed by atoms with Gasteiger partial charge in [-0.2, -0.15) is 5.26 Å². The smallest absolute Gasteiger partial charge is 0.201 e. The van der Waals surface area contributed by atoms with E-state index in [-0.39, 0.29) is 17.5 Å². The maximum Gasteiger partial charge on any atom is 0.277 e. The highest BCUT2D eigenvalue weighted by Gasteiger charge is 2.31. The lowest BCUT2D eigenvalue weighted by Crippen LogP contribution is -2.17. The van der Waals surface area contributed by atoms with Crippen molar-refractivity contribution in [2.45, 2.75) is 12.3 Å². The fourth-order valence-electron chi connectivity index (χ4n) is 1.77. The predicted octanol–water partition coefficient (Wildman–Crippen LogP) is 3.89. The van der Waals surface area contributed by atoms with E-state index in [1.54, 1.807) is 30.3 Å². The van der Waals surface area contributed by atoms with Crippen molar-refractivity contribution in [2.75, 3.05) is 0 Å². The zero-order valence-electron chi connectivity index (χ0n) is 9.61. The van der Waals surface area contributed by atoms with E-state index in [2.05, 4.69) is 0 Å². The SMILES string of the molecule is N#Cc1cccc(C(F)(F)Cc2ccccc2)c1. The van der Waals surface area contributed by atoms with Crippen molar-refractivity contribution in [3.05, 3.63) is 71.3 Å². The van der Waals surface area contributed by atoms with Crippen LogP contribution in [-0.4, -0.2) is 0 Å². The van der Waals surface area contributed by atoms with E-state index >= 15 is 0 Å². The highest BCUT2D eigenvalue weighted by atomic mass is 19.3. The highest BCUT2D eigenvalue weighted by molar-refractivity contribution is 5.35. The summed E-state index contributed by atoms with van der Waals surface area (Å²) >= 11 is 0. The molecule has 0 radical (unpaired) electrons. The van der Waals surface area contributed by atoms with Gasteiger partial charge in [-0.1, -0.05) is 42.5 Å². The molecule has 0 amide bonds. The van der Waals surface area contributed by atoms with Crippen molar-refractivity contribution in [2.24, 2.45) is 0 Å². The molecule has 3 heteroatoms. The van der Waals surface area contributed by atoms with Gasteiger partial charge in [-0.05, 0) is 17.7 Å². The van der Waals surface area contributed by atoms with Gasteiger partial charge < -0.3 is 0 Å². The van der Waals surface area contributed by atoms with Gasteiger partial charge in [0, 0.05) is 12.0 Å². The number of hydrogen-bond acceptors (Lipinski definition) is 1. The van der Waals surface area contributed by atoms with Gasteiger partial charge in [0.2, 0.25) is 0 Å². The minimum atomic E-state index is -2.96. The van der Waals surface area contributed by atoms with Crippen LogP contribution in [0.5, 0.6) is 0 Å². The topological polar surface area (TPSA) is 23.8 Å². The Hall–Kier alpha value is -2.21. The summed E-state index contributed by atoms with van der Waals surface area (Å²) in [5.74, 6) is -2.96. The molecule has 2 aromatic carbocycles. The molecule has 2 rings (SSSR count). The molecule has 0 aromatic heterocycles. The zero-order chi connectivity index (χ0) is 13.0. The summed E-state index contributed by atoms with van der Waals surface area (Å²) in [5, 5.41) is 8.72. The van der Waals surface area contributed by atoms with E-state index in [1.807, 2.05) is 6.07 Å².